The molecule has 0 bridgehead atoms. The Kier molecular flexibility index (Phi) is 5.56. The second kappa shape index (κ2) is 8.36. The van der Waals surface area contributed by atoms with Crippen molar-refractivity contribution in [2.24, 2.45) is 0 Å². The number of halogens is 2. The Morgan fingerprint density at radius 2 is 1.87 bits per heavy atom. The first-order valence-electron chi connectivity index (χ1n) is 10.8. The zero-order valence-corrected chi connectivity index (χ0v) is 18.7. The molecule has 2 heterocycles. The number of nitrogen functional groups attached to an aromatic ring is 1. The fourth-order valence-electron chi connectivity index (χ4n) is 4.50. The second-order valence-corrected chi connectivity index (χ2v) is 9.42. The van der Waals surface area contributed by atoms with Crippen LogP contribution >= 0.6 is 23.2 Å². The van der Waals surface area contributed by atoms with Gasteiger partial charge in [0.2, 0.25) is 5.95 Å². The number of nitrogens with one attached hydrogen (secondary N) is 1. The van der Waals surface area contributed by atoms with Gasteiger partial charge in [0, 0.05) is 16.6 Å². The van der Waals surface area contributed by atoms with Crippen molar-refractivity contribution in [2.45, 2.75) is 70.2 Å². The van der Waals surface area contributed by atoms with Gasteiger partial charge in [-0.25, -0.2) is 14.8 Å². The fraction of sp³-hybridized carbons (Fsp3) is 0.500. The largest absolute Gasteiger partial charge is 0.490 e. The van der Waals surface area contributed by atoms with Crippen LogP contribution in [0, 0.1) is 0 Å². The minimum atomic E-state index is -0.0862. The molecule has 1 aliphatic heterocycles. The van der Waals surface area contributed by atoms with Gasteiger partial charge in [-0.3, -0.25) is 0 Å². The summed E-state index contributed by atoms with van der Waals surface area (Å²) in [5, 5.41) is 4.03. The number of aromatic nitrogens is 2. The molecule has 1 aromatic carbocycles. The lowest BCUT2D eigenvalue weighted by atomic mass is 9.93. The molecule has 164 valence electrons. The number of nitrogens with two attached hydrogens (primary N) is 1. The average molecular weight is 462 g/mol. The lowest BCUT2D eigenvalue weighted by Gasteiger charge is -2.28. The molecular weight excluding hydrogens is 437 g/mol. The maximum Gasteiger partial charge on any atom is 0.318 e. The van der Waals surface area contributed by atoms with Gasteiger partial charge in [-0.05, 0) is 57.1 Å². The third-order valence-electron chi connectivity index (χ3n) is 6.37. The Morgan fingerprint density at radius 3 is 2.58 bits per heavy atom. The lowest BCUT2D eigenvalue weighted by Crippen LogP contribution is -2.45. The predicted molar refractivity (Wildman–Crippen MR) is 120 cm³/mol. The van der Waals surface area contributed by atoms with Crippen LogP contribution in [0.5, 0.6) is 5.75 Å². The van der Waals surface area contributed by atoms with Crippen LogP contribution in [0.15, 0.2) is 12.1 Å². The Hall–Kier alpha value is -2.25. The van der Waals surface area contributed by atoms with E-state index >= 15 is 0 Å². The van der Waals surface area contributed by atoms with Gasteiger partial charge in [-0.1, -0.05) is 23.2 Å². The van der Waals surface area contributed by atoms with Crippen LogP contribution in [-0.4, -0.2) is 33.0 Å². The van der Waals surface area contributed by atoms with Crippen molar-refractivity contribution in [3.05, 3.63) is 33.4 Å². The summed E-state index contributed by atoms with van der Waals surface area (Å²) in [5.74, 6) is 0.745. The first-order valence-corrected chi connectivity index (χ1v) is 11.6. The standard InChI is InChI=1S/C22H25Cl2N5O2/c23-12-8-16(24)19(18(9-12)31-14-6-1-2-7-14)20-15-10-29(11-17(15)27-21(25)28-20)22(30)26-13-4-3-5-13/h8-9,13-14H,1-7,10-11H2,(H,26,30)(H2,25,27,28). The van der Waals surface area contributed by atoms with Crippen molar-refractivity contribution in [2.75, 3.05) is 5.73 Å². The Morgan fingerprint density at radius 1 is 1.10 bits per heavy atom. The number of carbonyl (C=O) groups excluding carboxylic acids is 1. The van der Waals surface area contributed by atoms with Gasteiger partial charge < -0.3 is 20.7 Å². The monoisotopic (exact) mass is 461 g/mol. The van der Waals surface area contributed by atoms with E-state index in [-0.39, 0.29) is 24.1 Å². The molecule has 2 saturated carbocycles. The van der Waals surface area contributed by atoms with Gasteiger partial charge in [-0.2, -0.15) is 0 Å². The number of carbonyl (C=O) groups is 1. The molecule has 0 spiro atoms. The number of amides is 2. The molecular formula is C22H25Cl2N5O2. The van der Waals surface area contributed by atoms with Crippen LogP contribution in [0.4, 0.5) is 10.7 Å². The average Bonchev–Trinajstić information content (AvgIpc) is 3.33. The van der Waals surface area contributed by atoms with E-state index < -0.39 is 0 Å². The highest BCUT2D eigenvalue weighted by atomic mass is 35.5. The fourth-order valence-corrected chi connectivity index (χ4v) is 5.07. The predicted octanol–water partition coefficient (Wildman–Crippen LogP) is 4.93. The number of hydrogen-bond donors (Lipinski definition) is 2. The number of urea groups is 1. The third kappa shape index (κ3) is 4.13. The molecule has 0 radical (unpaired) electrons. The Labute approximate surface area is 191 Å². The van der Waals surface area contributed by atoms with Crippen molar-refractivity contribution in [1.29, 1.82) is 0 Å². The first-order chi connectivity index (χ1) is 15.0. The summed E-state index contributed by atoms with van der Waals surface area (Å²) in [7, 11) is 0. The zero-order chi connectivity index (χ0) is 21.5. The van der Waals surface area contributed by atoms with Gasteiger partial charge in [-0.15, -0.1) is 0 Å². The lowest BCUT2D eigenvalue weighted by molar-refractivity contribution is 0.186. The summed E-state index contributed by atoms with van der Waals surface area (Å²) in [6.07, 6.45) is 7.66. The van der Waals surface area contributed by atoms with Crippen LogP contribution in [0.3, 0.4) is 0 Å². The Balaban J connectivity index is 1.50. The van der Waals surface area contributed by atoms with E-state index in [1.54, 1.807) is 17.0 Å². The Bertz CT molecular complexity index is 1020. The number of fused-ring (bicyclic) bond motifs is 1. The molecule has 0 saturated heterocycles. The number of anilines is 1. The molecule has 9 heteroatoms. The quantitative estimate of drug-likeness (QED) is 0.672. The molecule has 1 aromatic heterocycles. The minimum absolute atomic E-state index is 0.0862. The SMILES string of the molecule is Nc1nc2c(c(-c3c(Cl)cc(Cl)cc3OC3CCCC3)n1)CN(C(=O)NC1CCC1)C2. The zero-order valence-electron chi connectivity index (χ0n) is 17.2. The van der Waals surface area contributed by atoms with E-state index in [2.05, 4.69) is 15.3 Å². The van der Waals surface area contributed by atoms with Crippen LogP contribution in [0.25, 0.3) is 11.3 Å². The van der Waals surface area contributed by atoms with Crippen molar-refractivity contribution < 1.29 is 9.53 Å². The summed E-state index contributed by atoms with van der Waals surface area (Å²) >= 11 is 12.9. The highest BCUT2D eigenvalue weighted by Gasteiger charge is 2.32. The molecule has 7 nitrogen and oxygen atoms in total. The van der Waals surface area contributed by atoms with Gasteiger partial charge in [0.15, 0.2) is 0 Å². The summed E-state index contributed by atoms with van der Waals surface area (Å²) in [6.45, 7) is 0.781. The molecule has 2 aliphatic carbocycles. The van der Waals surface area contributed by atoms with E-state index in [4.69, 9.17) is 33.7 Å². The number of hydrogen-bond acceptors (Lipinski definition) is 5. The van der Waals surface area contributed by atoms with E-state index in [9.17, 15) is 4.79 Å². The van der Waals surface area contributed by atoms with Crippen LogP contribution < -0.4 is 15.8 Å². The molecule has 0 unspecified atom stereocenters. The molecule has 0 atom stereocenters. The molecule has 2 fully saturated rings. The van der Waals surface area contributed by atoms with Crippen molar-refractivity contribution in [3.8, 4) is 17.0 Å². The van der Waals surface area contributed by atoms with E-state index in [1.165, 1.54) is 0 Å². The second-order valence-electron chi connectivity index (χ2n) is 8.57. The number of rotatable bonds is 4. The van der Waals surface area contributed by atoms with Gasteiger partial charge >= 0.3 is 6.03 Å². The van der Waals surface area contributed by atoms with Crippen LogP contribution in [0.1, 0.15) is 56.2 Å². The first kappa shape index (κ1) is 20.6. The maximum atomic E-state index is 12.7. The third-order valence-corrected chi connectivity index (χ3v) is 6.89. The molecule has 5 rings (SSSR count). The van der Waals surface area contributed by atoms with Crippen molar-refractivity contribution in [1.82, 2.24) is 20.2 Å². The maximum absolute atomic E-state index is 12.7. The van der Waals surface area contributed by atoms with Gasteiger partial charge in [0.05, 0.1) is 41.2 Å². The molecule has 2 amide bonds. The van der Waals surface area contributed by atoms with E-state index in [1.807, 2.05) is 0 Å². The summed E-state index contributed by atoms with van der Waals surface area (Å²) < 4.78 is 6.31. The molecule has 3 N–H and O–H groups in total. The van der Waals surface area contributed by atoms with E-state index in [0.717, 1.165) is 56.2 Å². The minimum Gasteiger partial charge on any atom is -0.490 e. The van der Waals surface area contributed by atoms with Crippen LogP contribution in [0.2, 0.25) is 10.0 Å². The van der Waals surface area contributed by atoms with Gasteiger partial charge in [0.25, 0.3) is 0 Å². The number of benzene rings is 1. The topological polar surface area (TPSA) is 93.4 Å². The van der Waals surface area contributed by atoms with Crippen molar-refractivity contribution in [3.63, 3.8) is 0 Å². The normalized spacial score (nSPS) is 18.7. The van der Waals surface area contributed by atoms with Gasteiger partial charge in [0.1, 0.15) is 5.75 Å². The molecule has 31 heavy (non-hydrogen) atoms. The van der Waals surface area contributed by atoms with Crippen LogP contribution in [-0.2, 0) is 13.1 Å². The van der Waals surface area contributed by atoms with Crippen molar-refractivity contribution >= 4 is 35.2 Å². The number of nitrogens with zero attached hydrogens (tertiary/aromatic N) is 3. The number of ether oxygens (including phenoxy) is 1. The highest BCUT2D eigenvalue weighted by Crippen LogP contribution is 2.43. The summed E-state index contributed by atoms with van der Waals surface area (Å²) in [4.78, 5) is 23.4. The molecule has 3 aliphatic rings. The summed E-state index contributed by atoms with van der Waals surface area (Å²) in [6, 6.07) is 3.64. The van der Waals surface area contributed by atoms with E-state index in [0.29, 0.717) is 40.1 Å². The highest BCUT2D eigenvalue weighted by molar-refractivity contribution is 6.37. The summed E-state index contributed by atoms with van der Waals surface area (Å²) in [5.41, 5.74) is 8.89. The smallest absolute Gasteiger partial charge is 0.318 e. The molecule has 2 aromatic rings.